The minimum Gasteiger partial charge on any atom is -0.466 e. The number of anilines is 1. The Morgan fingerprint density at radius 2 is 1.69 bits per heavy atom. The van der Waals surface area contributed by atoms with Crippen LogP contribution in [-0.2, 0) is 22.5 Å². The molecule has 2 N–H and O–H groups in total. The van der Waals surface area contributed by atoms with Crippen molar-refractivity contribution in [1.29, 1.82) is 0 Å². The predicted octanol–water partition coefficient (Wildman–Crippen LogP) is 4.36. The van der Waals surface area contributed by atoms with E-state index in [4.69, 9.17) is 25.8 Å². The summed E-state index contributed by atoms with van der Waals surface area (Å²) in [4.78, 5) is 37.6. The Balaban J connectivity index is 1.44. The second-order valence-corrected chi connectivity index (χ2v) is 8.07. The number of fused-ring (bicyclic) bond motifs is 1. The van der Waals surface area contributed by atoms with E-state index >= 15 is 0 Å². The molecule has 0 atom stereocenters. The number of hydrogen-bond donors (Lipinski definition) is 2. The van der Waals surface area contributed by atoms with Gasteiger partial charge in [-0.3, -0.25) is 14.4 Å². The minimum atomic E-state index is -0.487. The van der Waals surface area contributed by atoms with Gasteiger partial charge in [0.25, 0.3) is 11.8 Å². The van der Waals surface area contributed by atoms with Crippen molar-refractivity contribution in [3.63, 3.8) is 0 Å². The SMILES string of the molecule is CCOC(=O)Cc1ccc(NC(=O)c2cccc(Cl)c2C(=O)NCc2ccc3c(c2)OCO3)cc1. The fourth-order valence-electron chi connectivity index (χ4n) is 3.55. The summed E-state index contributed by atoms with van der Waals surface area (Å²) in [6.45, 7) is 2.44. The predicted molar refractivity (Wildman–Crippen MR) is 130 cm³/mol. The Morgan fingerprint density at radius 3 is 2.46 bits per heavy atom. The summed E-state index contributed by atoms with van der Waals surface area (Å²) in [6.07, 6.45) is 0.143. The lowest BCUT2D eigenvalue weighted by atomic mass is 10.1. The zero-order valence-corrected chi connectivity index (χ0v) is 19.7. The first kappa shape index (κ1) is 24.1. The molecule has 1 heterocycles. The Labute approximate surface area is 207 Å². The molecule has 0 unspecified atom stereocenters. The molecular formula is C26H23ClN2O6. The maximum atomic E-state index is 13.0. The molecule has 0 radical (unpaired) electrons. The van der Waals surface area contributed by atoms with Crippen molar-refractivity contribution in [3.05, 3.63) is 87.9 Å². The molecule has 9 heteroatoms. The van der Waals surface area contributed by atoms with Crippen molar-refractivity contribution in [2.24, 2.45) is 0 Å². The van der Waals surface area contributed by atoms with Crippen LogP contribution >= 0.6 is 11.6 Å². The summed E-state index contributed by atoms with van der Waals surface area (Å²) >= 11 is 6.30. The number of esters is 1. The van der Waals surface area contributed by atoms with Crippen LogP contribution in [0.3, 0.4) is 0 Å². The van der Waals surface area contributed by atoms with E-state index in [9.17, 15) is 14.4 Å². The van der Waals surface area contributed by atoms with Gasteiger partial charge in [0, 0.05) is 12.2 Å². The molecule has 0 saturated carbocycles. The Kier molecular flexibility index (Phi) is 7.52. The fourth-order valence-corrected chi connectivity index (χ4v) is 3.81. The molecule has 0 aliphatic carbocycles. The maximum Gasteiger partial charge on any atom is 0.310 e. The van der Waals surface area contributed by atoms with Crippen LogP contribution in [0.1, 0.15) is 38.8 Å². The van der Waals surface area contributed by atoms with Crippen molar-refractivity contribution >= 4 is 35.1 Å². The van der Waals surface area contributed by atoms with E-state index < -0.39 is 11.8 Å². The monoisotopic (exact) mass is 494 g/mol. The third-order valence-corrected chi connectivity index (χ3v) is 5.56. The van der Waals surface area contributed by atoms with Gasteiger partial charge in [0.2, 0.25) is 6.79 Å². The van der Waals surface area contributed by atoms with Crippen molar-refractivity contribution in [3.8, 4) is 11.5 Å². The molecule has 8 nitrogen and oxygen atoms in total. The number of amides is 2. The van der Waals surface area contributed by atoms with Gasteiger partial charge in [-0.1, -0.05) is 35.9 Å². The number of benzene rings is 3. The van der Waals surface area contributed by atoms with E-state index in [2.05, 4.69) is 10.6 Å². The van der Waals surface area contributed by atoms with E-state index in [1.807, 2.05) is 6.07 Å². The third-order valence-electron chi connectivity index (χ3n) is 5.24. The van der Waals surface area contributed by atoms with E-state index in [0.717, 1.165) is 11.1 Å². The highest BCUT2D eigenvalue weighted by Crippen LogP contribution is 2.32. The first-order chi connectivity index (χ1) is 16.9. The van der Waals surface area contributed by atoms with Gasteiger partial charge in [0.1, 0.15) is 0 Å². The van der Waals surface area contributed by atoms with Gasteiger partial charge in [0.05, 0.1) is 29.2 Å². The van der Waals surface area contributed by atoms with Crippen LogP contribution in [-0.4, -0.2) is 31.2 Å². The number of carbonyl (C=O) groups excluding carboxylic acids is 3. The normalized spacial score (nSPS) is 11.6. The molecule has 0 bridgehead atoms. The van der Waals surface area contributed by atoms with Crippen LogP contribution in [0.5, 0.6) is 11.5 Å². The quantitative estimate of drug-likeness (QED) is 0.451. The van der Waals surface area contributed by atoms with Gasteiger partial charge in [0.15, 0.2) is 11.5 Å². The zero-order valence-electron chi connectivity index (χ0n) is 18.9. The van der Waals surface area contributed by atoms with Gasteiger partial charge >= 0.3 is 5.97 Å². The highest BCUT2D eigenvalue weighted by Gasteiger charge is 2.21. The lowest BCUT2D eigenvalue weighted by molar-refractivity contribution is -0.142. The summed E-state index contributed by atoms with van der Waals surface area (Å²) in [5, 5.41) is 5.72. The fraction of sp³-hybridized carbons (Fsp3) is 0.192. The average Bonchev–Trinajstić information content (AvgIpc) is 3.31. The number of halogens is 1. The van der Waals surface area contributed by atoms with Crippen molar-refractivity contribution in [1.82, 2.24) is 5.32 Å². The number of carbonyl (C=O) groups is 3. The van der Waals surface area contributed by atoms with Gasteiger partial charge in [-0.15, -0.1) is 0 Å². The number of nitrogens with one attached hydrogen (secondary N) is 2. The van der Waals surface area contributed by atoms with Crippen molar-refractivity contribution in [2.45, 2.75) is 19.9 Å². The molecule has 3 aromatic rings. The zero-order chi connectivity index (χ0) is 24.8. The summed E-state index contributed by atoms with van der Waals surface area (Å²) in [5.74, 6) is -0.0245. The topological polar surface area (TPSA) is 103 Å². The smallest absolute Gasteiger partial charge is 0.310 e. The van der Waals surface area contributed by atoms with E-state index in [-0.39, 0.29) is 41.9 Å². The average molecular weight is 495 g/mol. The molecule has 35 heavy (non-hydrogen) atoms. The maximum absolute atomic E-state index is 13.0. The number of ether oxygens (including phenoxy) is 3. The summed E-state index contributed by atoms with van der Waals surface area (Å²) < 4.78 is 15.6. The van der Waals surface area contributed by atoms with Gasteiger partial charge < -0.3 is 24.8 Å². The molecule has 4 rings (SSSR count). The van der Waals surface area contributed by atoms with Crippen molar-refractivity contribution in [2.75, 3.05) is 18.7 Å². The van der Waals surface area contributed by atoms with E-state index in [1.165, 1.54) is 6.07 Å². The van der Waals surface area contributed by atoms with Crippen LogP contribution in [0, 0.1) is 0 Å². The first-order valence-corrected chi connectivity index (χ1v) is 11.3. The molecule has 3 aromatic carbocycles. The van der Waals surface area contributed by atoms with Crippen molar-refractivity contribution < 1.29 is 28.6 Å². The standard InChI is InChI=1S/C26H23ClN2O6/c1-2-33-23(30)13-16-6-9-18(10-7-16)29-25(31)19-4-3-5-20(27)24(19)26(32)28-14-17-8-11-21-22(12-17)35-15-34-21/h3-12H,2,13-15H2,1H3,(H,28,32)(H,29,31). The Hall–Kier alpha value is -4.04. The second kappa shape index (κ2) is 10.9. The Bertz CT molecular complexity index is 1260. The van der Waals surface area contributed by atoms with E-state index in [1.54, 1.807) is 55.5 Å². The molecule has 180 valence electrons. The van der Waals surface area contributed by atoms with Gasteiger partial charge in [-0.2, -0.15) is 0 Å². The summed E-state index contributed by atoms with van der Waals surface area (Å²) in [5.41, 5.74) is 2.29. The van der Waals surface area contributed by atoms with Crippen LogP contribution < -0.4 is 20.1 Å². The van der Waals surface area contributed by atoms with Crippen LogP contribution in [0.4, 0.5) is 5.69 Å². The van der Waals surface area contributed by atoms with Gasteiger partial charge in [-0.25, -0.2) is 0 Å². The summed E-state index contributed by atoms with van der Waals surface area (Å²) in [7, 11) is 0. The highest BCUT2D eigenvalue weighted by molar-refractivity contribution is 6.35. The third kappa shape index (κ3) is 5.91. The van der Waals surface area contributed by atoms with Gasteiger partial charge in [-0.05, 0) is 54.4 Å². The number of rotatable bonds is 8. The Morgan fingerprint density at radius 1 is 0.943 bits per heavy atom. The molecule has 1 aliphatic rings. The molecule has 0 spiro atoms. The molecule has 0 aromatic heterocycles. The molecular weight excluding hydrogens is 472 g/mol. The molecule has 0 fully saturated rings. The first-order valence-electron chi connectivity index (χ1n) is 11.0. The van der Waals surface area contributed by atoms with E-state index in [0.29, 0.717) is 23.8 Å². The minimum absolute atomic E-state index is 0.0753. The van der Waals surface area contributed by atoms with Crippen LogP contribution in [0.25, 0.3) is 0 Å². The molecule has 1 aliphatic heterocycles. The molecule has 2 amide bonds. The van der Waals surface area contributed by atoms with Crippen LogP contribution in [0.15, 0.2) is 60.7 Å². The number of hydrogen-bond acceptors (Lipinski definition) is 6. The summed E-state index contributed by atoms with van der Waals surface area (Å²) in [6, 6.07) is 16.9. The lowest BCUT2D eigenvalue weighted by Gasteiger charge is -2.13. The second-order valence-electron chi connectivity index (χ2n) is 7.67. The van der Waals surface area contributed by atoms with Crippen LogP contribution in [0.2, 0.25) is 5.02 Å². The largest absolute Gasteiger partial charge is 0.466 e. The lowest BCUT2D eigenvalue weighted by Crippen LogP contribution is -2.26. The highest BCUT2D eigenvalue weighted by atomic mass is 35.5. The molecule has 0 saturated heterocycles.